The van der Waals surface area contributed by atoms with Crippen molar-refractivity contribution >= 4 is 27.5 Å². The minimum atomic E-state index is 0.128. The first-order chi connectivity index (χ1) is 9.74. The van der Waals surface area contributed by atoms with Gasteiger partial charge in [-0.1, -0.05) is 12.1 Å². The van der Waals surface area contributed by atoms with Crippen molar-refractivity contribution in [2.45, 2.75) is 19.4 Å². The summed E-state index contributed by atoms with van der Waals surface area (Å²) in [6, 6.07) is 8.10. The number of hydrogen-bond acceptors (Lipinski definition) is 4. The smallest absolute Gasteiger partial charge is 0.227 e. The molecule has 1 fully saturated rings. The molecule has 0 spiro atoms. The van der Waals surface area contributed by atoms with Gasteiger partial charge in [0.2, 0.25) is 5.91 Å². The van der Waals surface area contributed by atoms with Crippen molar-refractivity contribution in [1.82, 2.24) is 15.2 Å². The van der Waals surface area contributed by atoms with Crippen molar-refractivity contribution in [3.63, 3.8) is 0 Å². The Hall–Kier alpha value is -1.46. The summed E-state index contributed by atoms with van der Waals surface area (Å²) in [4.78, 5) is 18.8. The van der Waals surface area contributed by atoms with Crippen LogP contribution in [-0.2, 0) is 11.3 Å². The molecule has 5 heteroatoms. The molecule has 1 aliphatic rings. The van der Waals surface area contributed by atoms with Gasteiger partial charge < -0.3 is 10.2 Å². The zero-order valence-electron chi connectivity index (χ0n) is 11.6. The maximum atomic E-state index is 12.4. The van der Waals surface area contributed by atoms with Gasteiger partial charge in [0.25, 0.3) is 0 Å². The summed E-state index contributed by atoms with van der Waals surface area (Å²) in [6.45, 7) is 2.45. The number of rotatable bonds is 3. The highest BCUT2D eigenvalue weighted by molar-refractivity contribution is 7.18. The Bertz CT molecular complexity index is 571. The molecule has 1 N–H and O–H groups in total. The Balaban J connectivity index is 1.68. The zero-order valence-corrected chi connectivity index (χ0v) is 12.4. The Morgan fingerprint density at radius 1 is 1.50 bits per heavy atom. The molecule has 0 radical (unpaired) electrons. The van der Waals surface area contributed by atoms with E-state index in [1.54, 1.807) is 11.3 Å². The van der Waals surface area contributed by atoms with Crippen LogP contribution in [0.1, 0.15) is 17.8 Å². The second-order valence-electron chi connectivity index (χ2n) is 5.31. The fraction of sp³-hybridized carbons (Fsp3) is 0.467. The van der Waals surface area contributed by atoms with Gasteiger partial charge in [-0.15, -0.1) is 11.3 Å². The van der Waals surface area contributed by atoms with E-state index in [9.17, 15) is 4.79 Å². The van der Waals surface area contributed by atoms with Crippen LogP contribution in [0.15, 0.2) is 24.3 Å². The number of thiazole rings is 1. The van der Waals surface area contributed by atoms with Gasteiger partial charge in [-0.2, -0.15) is 0 Å². The molecular formula is C15H19N3OS. The van der Waals surface area contributed by atoms with Crippen molar-refractivity contribution < 1.29 is 4.79 Å². The number of benzene rings is 1. The Labute approximate surface area is 122 Å². The van der Waals surface area contributed by atoms with E-state index >= 15 is 0 Å². The standard InChI is InChI=1S/C15H19N3OS/c1-18(15(19)11-5-4-8-16-9-11)10-14-17-12-6-2-3-7-13(12)20-14/h2-3,6-7,11,16H,4-5,8-10H2,1H3/t11-/m1/s1. The zero-order chi connectivity index (χ0) is 13.9. The number of piperidine rings is 1. The number of nitrogens with zero attached hydrogens (tertiary/aromatic N) is 2. The molecular weight excluding hydrogens is 270 g/mol. The van der Waals surface area contributed by atoms with Crippen LogP contribution in [0.3, 0.4) is 0 Å². The van der Waals surface area contributed by atoms with Crippen LogP contribution in [0.25, 0.3) is 10.2 Å². The molecule has 0 unspecified atom stereocenters. The second kappa shape index (κ2) is 5.89. The number of carbonyl (C=O) groups is 1. The summed E-state index contributed by atoms with van der Waals surface area (Å²) in [6.07, 6.45) is 2.08. The van der Waals surface area contributed by atoms with Gasteiger partial charge in [0.05, 0.1) is 22.7 Å². The summed E-state index contributed by atoms with van der Waals surface area (Å²) in [7, 11) is 1.88. The third-order valence-corrected chi connectivity index (χ3v) is 4.75. The highest BCUT2D eigenvalue weighted by Crippen LogP contribution is 2.23. The number of carbonyl (C=O) groups excluding carboxylic acids is 1. The molecule has 1 aromatic carbocycles. The number of hydrogen-bond donors (Lipinski definition) is 1. The average Bonchev–Trinajstić information content (AvgIpc) is 2.89. The lowest BCUT2D eigenvalue weighted by Crippen LogP contribution is -2.41. The molecule has 3 rings (SSSR count). The van der Waals surface area contributed by atoms with Crippen LogP contribution in [0, 0.1) is 5.92 Å². The molecule has 0 bridgehead atoms. The molecule has 106 valence electrons. The number of fused-ring (bicyclic) bond motifs is 1. The molecule has 1 saturated heterocycles. The number of aromatic nitrogens is 1. The molecule has 4 nitrogen and oxygen atoms in total. The fourth-order valence-electron chi connectivity index (χ4n) is 2.64. The van der Waals surface area contributed by atoms with E-state index < -0.39 is 0 Å². The quantitative estimate of drug-likeness (QED) is 0.942. The van der Waals surface area contributed by atoms with Crippen molar-refractivity contribution in [3.05, 3.63) is 29.3 Å². The molecule has 0 saturated carbocycles. The van der Waals surface area contributed by atoms with Crippen LogP contribution in [0.5, 0.6) is 0 Å². The van der Waals surface area contributed by atoms with Crippen LogP contribution < -0.4 is 5.32 Å². The van der Waals surface area contributed by atoms with Crippen molar-refractivity contribution in [3.8, 4) is 0 Å². The molecule has 1 aromatic heterocycles. The highest BCUT2D eigenvalue weighted by Gasteiger charge is 2.24. The predicted molar refractivity (Wildman–Crippen MR) is 81.7 cm³/mol. The van der Waals surface area contributed by atoms with Crippen molar-refractivity contribution in [1.29, 1.82) is 0 Å². The van der Waals surface area contributed by atoms with E-state index in [1.807, 2.05) is 30.1 Å². The van der Waals surface area contributed by atoms with E-state index in [2.05, 4.69) is 16.4 Å². The van der Waals surface area contributed by atoms with E-state index in [1.165, 1.54) is 4.70 Å². The summed E-state index contributed by atoms with van der Waals surface area (Å²) in [5, 5.41) is 4.30. The largest absolute Gasteiger partial charge is 0.339 e. The maximum absolute atomic E-state index is 12.4. The van der Waals surface area contributed by atoms with Crippen molar-refractivity contribution in [2.75, 3.05) is 20.1 Å². The lowest BCUT2D eigenvalue weighted by molar-refractivity contribution is -0.135. The van der Waals surface area contributed by atoms with Gasteiger partial charge in [0.15, 0.2) is 0 Å². The van der Waals surface area contributed by atoms with Crippen LogP contribution in [0.2, 0.25) is 0 Å². The summed E-state index contributed by atoms with van der Waals surface area (Å²) >= 11 is 1.67. The van der Waals surface area contributed by atoms with Gasteiger partial charge in [0.1, 0.15) is 5.01 Å². The van der Waals surface area contributed by atoms with E-state index in [-0.39, 0.29) is 11.8 Å². The molecule has 20 heavy (non-hydrogen) atoms. The number of nitrogens with one attached hydrogen (secondary N) is 1. The average molecular weight is 289 g/mol. The first-order valence-electron chi connectivity index (χ1n) is 7.04. The summed E-state index contributed by atoms with van der Waals surface area (Å²) < 4.78 is 1.18. The minimum Gasteiger partial charge on any atom is -0.339 e. The molecule has 1 amide bonds. The topological polar surface area (TPSA) is 45.2 Å². The Kier molecular flexibility index (Phi) is 3.98. The molecule has 0 aliphatic carbocycles. The fourth-order valence-corrected chi connectivity index (χ4v) is 3.66. The second-order valence-corrected chi connectivity index (χ2v) is 6.43. The lowest BCUT2D eigenvalue weighted by Gasteiger charge is -2.26. The normalized spacial score (nSPS) is 19.1. The maximum Gasteiger partial charge on any atom is 0.227 e. The van der Waals surface area contributed by atoms with E-state index in [0.29, 0.717) is 6.54 Å². The lowest BCUT2D eigenvalue weighted by atomic mass is 9.98. The minimum absolute atomic E-state index is 0.128. The van der Waals surface area contributed by atoms with Gasteiger partial charge in [0, 0.05) is 13.6 Å². The SMILES string of the molecule is CN(Cc1nc2ccccc2s1)C(=O)[C@@H]1CCCNC1. The van der Waals surface area contributed by atoms with Gasteiger partial charge in [-0.25, -0.2) is 4.98 Å². The Morgan fingerprint density at radius 3 is 3.10 bits per heavy atom. The highest BCUT2D eigenvalue weighted by atomic mass is 32.1. The van der Waals surface area contributed by atoms with E-state index in [4.69, 9.17) is 0 Å². The van der Waals surface area contributed by atoms with Crippen LogP contribution in [0.4, 0.5) is 0 Å². The van der Waals surface area contributed by atoms with Crippen molar-refractivity contribution in [2.24, 2.45) is 5.92 Å². The van der Waals surface area contributed by atoms with Gasteiger partial charge in [-0.05, 0) is 31.5 Å². The van der Waals surface area contributed by atoms with Gasteiger partial charge in [-0.3, -0.25) is 4.79 Å². The summed E-state index contributed by atoms with van der Waals surface area (Å²) in [5.41, 5.74) is 1.02. The number of para-hydroxylation sites is 1. The summed E-state index contributed by atoms with van der Waals surface area (Å²) in [5.74, 6) is 0.361. The number of amides is 1. The Morgan fingerprint density at radius 2 is 2.35 bits per heavy atom. The molecule has 1 atom stereocenters. The first kappa shape index (κ1) is 13.5. The predicted octanol–water partition coefficient (Wildman–Crippen LogP) is 2.25. The molecule has 1 aliphatic heterocycles. The molecule has 2 heterocycles. The monoisotopic (exact) mass is 289 g/mol. The van der Waals surface area contributed by atoms with E-state index in [0.717, 1.165) is 36.5 Å². The van der Waals surface area contributed by atoms with Crippen LogP contribution >= 0.6 is 11.3 Å². The molecule has 2 aromatic rings. The first-order valence-corrected chi connectivity index (χ1v) is 7.86. The third-order valence-electron chi connectivity index (χ3n) is 3.73. The van der Waals surface area contributed by atoms with Crippen LogP contribution in [-0.4, -0.2) is 35.9 Å². The third kappa shape index (κ3) is 2.83. The van der Waals surface area contributed by atoms with Gasteiger partial charge >= 0.3 is 0 Å².